The summed E-state index contributed by atoms with van der Waals surface area (Å²) >= 11 is 0. The molecule has 14 nitrogen and oxygen atoms in total. The Bertz CT molecular complexity index is 1940. The molecule has 0 fully saturated rings. The summed E-state index contributed by atoms with van der Waals surface area (Å²) in [6, 6.07) is 7.18. The van der Waals surface area contributed by atoms with Crippen LogP contribution in [0, 0.1) is 18.7 Å². The van der Waals surface area contributed by atoms with Crippen LogP contribution >= 0.6 is 0 Å². The lowest BCUT2D eigenvalue weighted by Crippen LogP contribution is -2.19. The van der Waals surface area contributed by atoms with E-state index in [1.807, 2.05) is 0 Å². The summed E-state index contributed by atoms with van der Waals surface area (Å²) in [6.07, 6.45) is 0.775. The lowest BCUT2D eigenvalue weighted by Gasteiger charge is -2.11. The number of aryl methyl sites for hydroxylation is 1. The highest BCUT2D eigenvalue weighted by Gasteiger charge is 2.22. The molecular formula is C22H17F2N7O7S2. The zero-order chi connectivity index (χ0) is 29.4. The van der Waals surface area contributed by atoms with E-state index in [1.54, 1.807) is 0 Å². The first-order valence-corrected chi connectivity index (χ1v) is 13.6. The molecule has 40 heavy (non-hydrogen) atoms. The van der Waals surface area contributed by atoms with E-state index < -0.39 is 59.3 Å². The second kappa shape index (κ2) is 10.5. The molecule has 0 bridgehead atoms. The zero-order valence-corrected chi connectivity index (χ0v) is 21.6. The van der Waals surface area contributed by atoms with Crippen LogP contribution in [0.25, 0.3) is 10.8 Å². The van der Waals surface area contributed by atoms with Gasteiger partial charge >= 0.3 is 6.03 Å². The number of hydrogen-bond donors (Lipinski definition) is 5. The monoisotopic (exact) mass is 593 g/mol. The van der Waals surface area contributed by atoms with Crippen molar-refractivity contribution < 1.29 is 39.5 Å². The number of halogens is 2. The van der Waals surface area contributed by atoms with Crippen molar-refractivity contribution in [2.75, 3.05) is 10.6 Å². The SMILES string of the molecule is Cc1cc(S(=O)(=O)O)c2cc(N=Nc3ccc(Nc4ncnc(F)c4F)cc3NC(N)=O)c(S(=O)(=O)O)cc2c1. The highest BCUT2D eigenvalue weighted by atomic mass is 32.2. The molecule has 6 N–H and O–H groups in total. The van der Waals surface area contributed by atoms with Gasteiger partial charge in [-0.2, -0.15) is 25.6 Å². The van der Waals surface area contributed by atoms with Gasteiger partial charge in [-0.15, -0.1) is 10.2 Å². The van der Waals surface area contributed by atoms with Crippen molar-refractivity contribution in [3.05, 3.63) is 66.1 Å². The minimum Gasteiger partial charge on any atom is -0.351 e. The molecule has 0 saturated carbocycles. The minimum absolute atomic E-state index is 0.0547. The number of anilines is 3. The predicted molar refractivity (Wildman–Crippen MR) is 137 cm³/mol. The molecule has 0 unspecified atom stereocenters. The first-order chi connectivity index (χ1) is 18.6. The number of aromatic nitrogens is 2. The van der Waals surface area contributed by atoms with Gasteiger partial charge in [0.15, 0.2) is 5.82 Å². The Balaban J connectivity index is 1.84. The van der Waals surface area contributed by atoms with Crippen molar-refractivity contribution in [3.63, 3.8) is 0 Å². The predicted octanol–water partition coefficient (Wildman–Crippen LogP) is 4.36. The number of rotatable bonds is 7. The highest BCUT2D eigenvalue weighted by Crippen LogP contribution is 2.37. The fourth-order valence-corrected chi connectivity index (χ4v) is 5.03. The van der Waals surface area contributed by atoms with E-state index in [-0.39, 0.29) is 27.8 Å². The molecule has 2 amide bonds. The van der Waals surface area contributed by atoms with Crippen LogP contribution in [0.5, 0.6) is 0 Å². The van der Waals surface area contributed by atoms with Crippen LogP contribution in [0.3, 0.4) is 0 Å². The summed E-state index contributed by atoms with van der Waals surface area (Å²) < 4.78 is 94.9. The molecule has 0 aliphatic rings. The Morgan fingerprint density at radius 2 is 1.60 bits per heavy atom. The van der Waals surface area contributed by atoms with Crippen LogP contribution in [-0.2, 0) is 20.2 Å². The normalized spacial score (nSPS) is 12.1. The number of nitrogens with zero attached hydrogens (tertiary/aromatic N) is 4. The summed E-state index contributed by atoms with van der Waals surface area (Å²) in [7, 11) is -9.66. The number of nitrogens with two attached hydrogens (primary N) is 1. The number of primary amides is 1. The van der Waals surface area contributed by atoms with Gasteiger partial charge in [0.2, 0.25) is 5.82 Å². The summed E-state index contributed by atoms with van der Waals surface area (Å²) in [4.78, 5) is 16.9. The Kier molecular flexibility index (Phi) is 7.44. The third-order valence-electron chi connectivity index (χ3n) is 5.22. The fourth-order valence-electron chi connectivity index (χ4n) is 3.60. The van der Waals surface area contributed by atoms with Crippen LogP contribution in [-0.4, -0.2) is 41.9 Å². The highest BCUT2D eigenvalue weighted by molar-refractivity contribution is 7.86. The molecule has 3 aromatic carbocycles. The Morgan fingerprint density at radius 3 is 2.25 bits per heavy atom. The molecule has 208 valence electrons. The van der Waals surface area contributed by atoms with Crippen molar-refractivity contribution >= 4 is 65.6 Å². The van der Waals surface area contributed by atoms with E-state index in [4.69, 9.17) is 5.73 Å². The molecule has 1 heterocycles. The molecule has 0 aliphatic heterocycles. The second-order valence-electron chi connectivity index (χ2n) is 8.13. The first kappa shape index (κ1) is 28.4. The van der Waals surface area contributed by atoms with Crippen LogP contribution < -0.4 is 16.4 Å². The van der Waals surface area contributed by atoms with Gasteiger partial charge in [0.25, 0.3) is 26.2 Å². The van der Waals surface area contributed by atoms with E-state index >= 15 is 0 Å². The topological polar surface area (TPSA) is 226 Å². The van der Waals surface area contributed by atoms with Crippen LogP contribution in [0.4, 0.5) is 42.1 Å². The first-order valence-electron chi connectivity index (χ1n) is 10.7. The number of urea groups is 1. The maximum atomic E-state index is 13.9. The lowest BCUT2D eigenvalue weighted by atomic mass is 10.1. The number of nitrogens with one attached hydrogen (secondary N) is 2. The maximum Gasteiger partial charge on any atom is 0.316 e. The molecule has 4 rings (SSSR count). The number of fused-ring (bicyclic) bond motifs is 1. The van der Waals surface area contributed by atoms with Crippen molar-refractivity contribution in [1.82, 2.24) is 9.97 Å². The third-order valence-corrected chi connectivity index (χ3v) is 7.00. The Hall–Kier alpha value is -4.65. The second-order valence-corrected chi connectivity index (χ2v) is 10.9. The zero-order valence-electron chi connectivity index (χ0n) is 20.0. The number of carbonyl (C=O) groups is 1. The number of azo groups is 1. The molecule has 0 aliphatic carbocycles. The van der Waals surface area contributed by atoms with Gasteiger partial charge < -0.3 is 16.4 Å². The molecule has 18 heteroatoms. The van der Waals surface area contributed by atoms with Crippen LogP contribution in [0.15, 0.2) is 68.8 Å². The Morgan fingerprint density at radius 1 is 0.925 bits per heavy atom. The number of carbonyl (C=O) groups excluding carboxylic acids is 1. The third kappa shape index (κ3) is 6.15. The van der Waals surface area contributed by atoms with Gasteiger partial charge in [-0.05, 0) is 54.3 Å². The molecular weight excluding hydrogens is 576 g/mol. The van der Waals surface area contributed by atoms with E-state index in [1.165, 1.54) is 31.2 Å². The van der Waals surface area contributed by atoms with Gasteiger partial charge in [0, 0.05) is 11.1 Å². The number of hydrogen-bond acceptors (Lipinski definition) is 10. The van der Waals surface area contributed by atoms with Gasteiger partial charge in [0.05, 0.1) is 5.69 Å². The van der Waals surface area contributed by atoms with Crippen molar-refractivity contribution in [1.29, 1.82) is 0 Å². The van der Waals surface area contributed by atoms with Gasteiger partial charge in [0.1, 0.15) is 27.5 Å². The average Bonchev–Trinajstić information content (AvgIpc) is 2.84. The van der Waals surface area contributed by atoms with Gasteiger partial charge in [-0.25, -0.2) is 14.8 Å². The standard InChI is InChI=1S/C22H17F2N7O7S2/c1-10-4-11-6-18(40(36,37)38)16(8-13(11)17(5-10)39(33,34)35)31-30-14-3-2-12(7-15(14)29-22(25)32)28-21-19(23)20(24)26-9-27-21/h2-9H,1H3,(H3,25,29,32)(H,26,27,28)(H,33,34,35)(H,36,37,38). The number of amides is 2. The summed E-state index contributed by atoms with van der Waals surface area (Å²) in [5, 5.41) is 12.3. The maximum absolute atomic E-state index is 13.9. The van der Waals surface area contributed by atoms with Crippen molar-refractivity contribution in [2.45, 2.75) is 16.7 Å². The molecule has 0 saturated heterocycles. The summed E-state index contributed by atoms with van der Waals surface area (Å²) in [6.45, 7) is 1.51. The Labute approximate surface area is 224 Å². The fraction of sp³-hybridized carbons (Fsp3) is 0.0455. The molecule has 4 aromatic rings. The summed E-state index contributed by atoms with van der Waals surface area (Å²) in [5.41, 5.74) is 4.88. The van der Waals surface area contributed by atoms with Gasteiger partial charge in [-0.1, -0.05) is 6.07 Å². The van der Waals surface area contributed by atoms with E-state index in [0.717, 1.165) is 24.5 Å². The van der Waals surface area contributed by atoms with E-state index in [0.29, 0.717) is 5.56 Å². The average molecular weight is 594 g/mol. The lowest BCUT2D eigenvalue weighted by molar-refractivity contribution is 0.259. The van der Waals surface area contributed by atoms with Gasteiger partial charge in [-0.3, -0.25) is 9.11 Å². The number of benzene rings is 3. The molecule has 0 spiro atoms. The van der Waals surface area contributed by atoms with Crippen LogP contribution in [0.1, 0.15) is 5.56 Å². The van der Waals surface area contributed by atoms with E-state index in [9.17, 15) is 39.5 Å². The largest absolute Gasteiger partial charge is 0.351 e. The van der Waals surface area contributed by atoms with Crippen LogP contribution in [0.2, 0.25) is 0 Å². The quantitative estimate of drug-likeness (QED) is 0.115. The minimum atomic E-state index is -4.91. The molecule has 0 atom stereocenters. The van der Waals surface area contributed by atoms with Crippen molar-refractivity contribution in [3.8, 4) is 0 Å². The smallest absolute Gasteiger partial charge is 0.316 e. The molecule has 1 aromatic heterocycles. The molecule has 0 radical (unpaired) electrons. The van der Waals surface area contributed by atoms with Crippen molar-refractivity contribution in [2.24, 2.45) is 16.0 Å². The van der Waals surface area contributed by atoms with E-state index in [2.05, 4.69) is 30.8 Å². The summed E-state index contributed by atoms with van der Waals surface area (Å²) in [5.74, 6) is -3.30.